The monoisotopic (exact) mass is 267 g/mol. The predicted molar refractivity (Wildman–Crippen MR) is 75.9 cm³/mol. The summed E-state index contributed by atoms with van der Waals surface area (Å²) in [7, 11) is 0. The van der Waals surface area contributed by atoms with Gasteiger partial charge in [0.2, 0.25) is 0 Å². The van der Waals surface area contributed by atoms with Crippen molar-refractivity contribution in [3.63, 3.8) is 0 Å². The van der Waals surface area contributed by atoms with Crippen LogP contribution in [0.1, 0.15) is 11.3 Å². The Kier molecular flexibility index (Phi) is 3.19. The fourth-order valence-electron chi connectivity index (χ4n) is 1.92. The van der Waals surface area contributed by atoms with Gasteiger partial charge in [0, 0.05) is 5.56 Å². The van der Waals surface area contributed by atoms with Crippen molar-refractivity contribution in [2.45, 2.75) is 0 Å². The third kappa shape index (κ3) is 1.90. The molecule has 0 atom stereocenters. The van der Waals surface area contributed by atoms with Crippen molar-refractivity contribution in [2.75, 3.05) is 5.73 Å². The molecule has 0 fully saturated rings. The molecule has 0 spiro atoms. The molecule has 92 valence electrons. The second kappa shape index (κ2) is 4.81. The van der Waals surface area contributed by atoms with Crippen LogP contribution in [0, 0.1) is 22.7 Å². The van der Waals surface area contributed by atoms with E-state index < -0.39 is 0 Å². The number of thiocarbonyl (C=S) groups is 1. The van der Waals surface area contributed by atoms with Crippen molar-refractivity contribution in [3.05, 3.63) is 41.6 Å². The van der Waals surface area contributed by atoms with E-state index in [1.165, 1.54) is 4.57 Å². The number of nitrogens with zero attached hydrogens (tertiary/aromatic N) is 3. The molecule has 0 aliphatic carbocycles. The van der Waals surface area contributed by atoms with Gasteiger partial charge in [0.05, 0.1) is 0 Å². The molecular formula is C13H9N5S. The third-order valence-electron chi connectivity index (χ3n) is 2.71. The van der Waals surface area contributed by atoms with Crippen LogP contribution in [0.25, 0.3) is 11.1 Å². The topological polar surface area (TPSA) is 105 Å². The minimum atomic E-state index is -0.0623. The van der Waals surface area contributed by atoms with Crippen LogP contribution in [0.2, 0.25) is 0 Å². The lowest BCUT2D eigenvalue weighted by atomic mass is 10.0. The number of nitrogens with two attached hydrogens (primary N) is 2. The van der Waals surface area contributed by atoms with Crippen LogP contribution in [0.5, 0.6) is 0 Å². The Hall–Kier alpha value is -2.83. The van der Waals surface area contributed by atoms with Gasteiger partial charge in [-0.3, -0.25) is 4.57 Å². The highest BCUT2D eigenvalue weighted by atomic mass is 32.1. The summed E-state index contributed by atoms with van der Waals surface area (Å²) in [6.07, 6.45) is 0. The summed E-state index contributed by atoms with van der Waals surface area (Å²) < 4.78 is 1.22. The van der Waals surface area contributed by atoms with Gasteiger partial charge in [-0.25, -0.2) is 0 Å². The molecule has 0 saturated heterocycles. The predicted octanol–water partition coefficient (Wildman–Crippen LogP) is 1.57. The lowest BCUT2D eigenvalue weighted by Crippen LogP contribution is -2.22. The van der Waals surface area contributed by atoms with Gasteiger partial charge in [0.25, 0.3) is 0 Å². The molecule has 5 nitrogen and oxygen atoms in total. The lowest BCUT2D eigenvalue weighted by Gasteiger charge is -2.03. The molecule has 0 saturated carbocycles. The van der Waals surface area contributed by atoms with Crippen molar-refractivity contribution in [1.29, 1.82) is 10.5 Å². The number of aromatic nitrogens is 1. The lowest BCUT2D eigenvalue weighted by molar-refractivity contribution is 1.14. The molecule has 1 aromatic heterocycles. The first-order chi connectivity index (χ1) is 9.11. The molecule has 2 aromatic rings. The van der Waals surface area contributed by atoms with Gasteiger partial charge in [-0.15, -0.1) is 0 Å². The van der Waals surface area contributed by atoms with E-state index in [1.807, 2.05) is 30.3 Å². The van der Waals surface area contributed by atoms with Crippen molar-refractivity contribution < 1.29 is 0 Å². The maximum atomic E-state index is 9.29. The van der Waals surface area contributed by atoms with Crippen molar-refractivity contribution in [2.24, 2.45) is 5.73 Å². The van der Waals surface area contributed by atoms with E-state index in [1.54, 1.807) is 12.1 Å². The molecule has 0 amide bonds. The number of hydrogen-bond acceptors (Lipinski definition) is 4. The summed E-state index contributed by atoms with van der Waals surface area (Å²) in [4.78, 5) is 0. The summed E-state index contributed by atoms with van der Waals surface area (Å²) in [5.74, 6) is 0.0883. The smallest absolute Gasteiger partial charge is 0.177 e. The minimum absolute atomic E-state index is 0.0623. The fourth-order valence-corrected chi connectivity index (χ4v) is 2.11. The first-order valence-corrected chi connectivity index (χ1v) is 5.72. The summed E-state index contributed by atoms with van der Waals surface area (Å²) in [6.45, 7) is 0. The summed E-state index contributed by atoms with van der Waals surface area (Å²) >= 11 is 4.87. The Morgan fingerprint density at radius 2 is 1.79 bits per heavy atom. The van der Waals surface area contributed by atoms with Gasteiger partial charge in [-0.1, -0.05) is 30.3 Å². The number of benzene rings is 1. The highest BCUT2D eigenvalue weighted by molar-refractivity contribution is 7.80. The van der Waals surface area contributed by atoms with Crippen LogP contribution in [0.3, 0.4) is 0 Å². The second-order valence-electron chi connectivity index (χ2n) is 3.75. The van der Waals surface area contributed by atoms with E-state index in [4.69, 9.17) is 23.7 Å². The maximum absolute atomic E-state index is 9.29. The zero-order valence-corrected chi connectivity index (χ0v) is 10.6. The molecule has 0 aliphatic heterocycles. The van der Waals surface area contributed by atoms with E-state index in [2.05, 4.69) is 0 Å². The molecule has 1 heterocycles. The molecule has 4 N–H and O–H groups in total. The number of nitrogen functional groups attached to an aromatic ring is 1. The number of rotatable bonds is 1. The fraction of sp³-hybridized carbons (Fsp3) is 0. The van der Waals surface area contributed by atoms with Crippen LogP contribution >= 0.6 is 12.2 Å². The maximum Gasteiger partial charge on any atom is 0.177 e. The van der Waals surface area contributed by atoms with Crippen LogP contribution in [-0.2, 0) is 0 Å². The summed E-state index contributed by atoms with van der Waals surface area (Å²) in [5.41, 5.74) is 13.0. The van der Waals surface area contributed by atoms with E-state index in [9.17, 15) is 10.5 Å². The van der Waals surface area contributed by atoms with Crippen molar-refractivity contribution >= 4 is 23.1 Å². The van der Waals surface area contributed by atoms with Crippen LogP contribution in [-0.4, -0.2) is 9.68 Å². The molecule has 6 heteroatoms. The normalized spacial score (nSPS) is 9.58. The molecular weight excluding hydrogens is 258 g/mol. The first-order valence-electron chi connectivity index (χ1n) is 5.31. The largest absolute Gasteiger partial charge is 0.384 e. The second-order valence-corrected chi connectivity index (χ2v) is 4.17. The average Bonchev–Trinajstić information content (AvgIpc) is 2.71. The highest BCUT2D eigenvalue weighted by Gasteiger charge is 2.23. The molecule has 2 rings (SSSR count). The zero-order chi connectivity index (χ0) is 14.0. The van der Waals surface area contributed by atoms with Crippen molar-refractivity contribution in [1.82, 2.24) is 4.57 Å². The number of anilines is 1. The van der Waals surface area contributed by atoms with Crippen LogP contribution < -0.4 is 11.5 Å². The Labute approximate surface area is 115 Å². The Bertz CT molecular complexity index is 731. The molecule has 19 heavy (non-hydrogen) atoms. The number of hydrogen-bond donors (Lipinski definition) is 2. The van der Waals surface area contributed by atoms with E-state index in [-0.39, 0.29) is 22.2 Å². The number of nitriles is 2. The van der Waals surface area contributed by atoms with Gasteiger partial charge < -0.3 is 11.5 Å². The van der Waals surface area contributed by atoms with E-state index in [0.717, 1.165) is 5.56 Å². The summed E-state index contributed by atoms with van der Waals surface area (Å²) in [5, 5.41) is 18.5. The Balaban J connectivity index is 2.89. The molecule has 0 aliphatic rings. The van der Waals surface area contributed by atoms with Gasteiger partial charge in [-0.05, 0) is 17.8 Å². The van der Waals surface area contributed by atoms with Gasteiger partial charge in [-0.2, -0.15) is 10.5 Å². The quantitative estimate of drug-likeness (QED) is 0.763. The SMILES string of the molecule is N#Cc1c(-c2ccccc2)c(C#N)n(C(N)=S)c1N. The Morgan fingerprint density at radius 1 is 1.16 bits per heavy atom. The average molecular weight is 267 g/mol. The molecule has 0 bridgehead atoms. The minimum Gasteiger partial charge on any atom is -0.384 e. The standard InChI is InChI=1S/C13H9N5S/c14-6-9-11(8-4-2-1-3-5-8)10(7-15)18(12(9)16)13(17)19/h1-5H,16H2,(H2,17,19). The highest BCUT2D eigenvalue weighted by Crippen LogP contribution is 2.33. The molecule has 0 unspecified atom stereocenters. The first kappa shape index (κ1) is 12.6. The van der Waals surface area contributed by atoms with Crippen LogP contribution in [0.4, 0.5) is 5.82 Å². The zero-order valence-electron chi connectivity index (χ0n) is 9.79. The van der Waals surface area contributed by atoms with E-state index >= 15 is 0 Å². The van der Waals surface area contributed by atoms with Crippen molar-refractivity contribution in [3.8, 4) is 23.3 Å². The Morgan fingerprint density at radius 3 is 2.26 bits per heavy atom. The third-order valence-corrected chi connectivity index (χ3v) is 2.89. The molecule has 0 radical (unpaired) electrons. The summed E-state index contributed by atoms with van der Waals surface area (Å²) in [6, 6.07) is 13.1. The molecule has 1 aromatic carbocycles. The van der Waals surface area contributed by atoms with Gasteiger partial charge in [0.15, 0.2) is 5.11 Å². The van der Waals surface area contributed by atoms with Crippen LogP contribution in [0.15, 0.2) is 30.3 Å². The van der Waals surface area contributed by atoms with E-state index in [0.29, 0.717) is 5.56 Å². The van der Waals surface area contributed by atoms with Gasteiger partial charge >= 0.3 is 0 Å². The van der Waals surface area contributed by atoms with Gasteiger partial charge in [0.1, 0.15) is 29.2 Å².